The monoisotopic (exact) mass is 306 g/mol. The molecule has 0 fully saturated rings. The van der Waals surface area contributed by atoms with Crippen molar-refractivity contribution in [2.45, 2.75) is 26.7 Å². The van der Waals surface area contributed by atoms with E-state index in [1.165, 1.54) is 11.3 Å². The van der Waals surface area contributed by atoms with Crippen molar-refractivity contribution >= 4 is 33.0 Å². The first-order chi connectivity index (χ1) is 10.1. The summed E-state index contributed by atoms with van der Waals surface area (Å²) in [6, 6.07) is 6.02. The lowest BCUT2D eigenvalue weighted by atomic mass is 10.0. The number of hydrogen-bond donors (Lipinski definition) is 3. The fraction of sp³-hybridized carbons (Fsp3) is 0.438. The number of aliphatic hydroxyl groups excluding tert-OH is 1. The van der Waals surface area contributed by atoms with Gasteiger partial charge in [-0.15, -0.1) is 11.3 Å². The van der Waals surface area contributed by atoms with E-state index in [9.17, 15) is 4.79 Å². The Balaban J connectivity index is 2.14. The first-order valence-corrected chi connectivity index (χ1v) is 8.06. The summed E-state index contributed by atoms with van der Waals surface area (Å²) in [6.07, 6.45) is 1.64. The van der Waals surface area contributed by atoms with Gasteiger partial charge in [0.05, 0.1) is 5.69 Å². The second kappa shape index (κ2) is 6.91. The van der Waals surface area contributed by atoms with Crippen LogP contribution in [0.5, 0.6) is 0 Å². The summed E-state index contributed by atoms with van der Waals surface area (Å²) in [5, 5.41) is 12.9. The number of thiophene rings is 1. The van der Waals surface area contributed by atoms with Crippen LogP contribution < -0.4 is 11.1 Å². The molecule has 1 atom stereocenters. The number of amides is 1. The van der Waals surface area contributed by atoms with Gasteiger partial charge in [0.2, 0.25) is 0 Å². The Morgan fingerprint density at radius 3 is 2.90 bits per heavy atom. The molecule has 4 N–H and O–H groups in total. The van der Waals surface area contributed by atoms with E-state index in [0.717, 1.165) is 22.1 Å². The van der Waals surface area contributed by atoms with Crippen LogP contribution in [0.1, 0.15) is 35.0 Å². The van der Waals surface area contributed by atoms with Crippen molar-refractivity contribution < 1.29 is 9.90 Å². The zero-order chi connectivity index (χ0) is 15.4. The van der Waals surface area contributed by atoms with E-state index in [-0.39, 0.29) is 12.5 Å². The van der Waals surface area contributed by atoms with Crippen LogP contribution in [0.25, 0.3) is 10.1 Å². The minimum absolute atomic E-state index is 0.122. The molecule has 0 aliphatic rings. The van der Waals surface area contributed by atoms with Gasteiger partial charge in [-0.25, -0.2) is 0 Å². The van der Waals surface area contributed by atoms with Gasteiger partial charge >= 0.3 is 0 Å². The Labute approximate surface area is 129 Å². The number of nitrogens with two attached hydrogens (primary N) is 1. The molecule has 114 valence electrons. The number of carbonyl (C=O) groups is 1. The standard InChI is InChI=1S/C16H22N2O2S/c1-3-11(6-7-19)9-18-16(20)15-14(17)12-5-4-10(2)8-13(12)21-15/h4-5,8,11,19H,3,6-7,9,17H2,1-2H3,(H,18,20). The number of rotatable bonds is 6. The second-order valence-corrected chi connectivity index (χ2v) is 6.39. The van der Waals surface area contributed by atoms with Gasteiger partial charge in [-0.3, -0.25) is 4.79 Å². The predicted octanol–water partition coefficient (Wildman–Crippen LogP) is 2.93. The Hall–Kier alpha value is -1.59. The molecule has 0 aliphatic heterocycles. The van der Waals surface area contributed by atoms with Gasteiger partial charge in [-0.1, -0.05) is 25.5 Å². The summed E-state index contributed by atoms with van der Waals surface area (Å²) < 4.78 is 1.04. The summed E-state index contributed by atoms with van der Waals surface area (Å²) in [5.74, 6) is 0.180. The summed E-state index contributed by atoms with van der Waals surface area (Å²) in [5.41, 5.74) is 7.81. The fourth-order valence-corrected chi connectivity index (χ4v) is 3.48. The third kappa shape index (κ3) is 3.54. The van der Waals surface area contributed by atoms with E-state index < -0.39 is 0 Å². The van der Waals surface area contributed by atoms with Crippen LogP contribution in [-0.4, -0.2) is 24.2 Å². The lowest BCUT2D eigenvalue weighted by Gasteiger charge is -2.13. The maximum atomic E-state index is 12.3. The zero-order valence-electron chi connectivity index (χ0n) is 12.5. The fourth-order valence-electron chi connectivity index (χ4n) is 2.34. The molecule has 0 saturated heterocycles. The molecule has 1 aromatic carbocycles. The molecule has 1 heterocycles. The zero-order valence-corrected chi connectivity index (χ0v) is 13.3. The van der Waals surface area contributed by atoms with E-state index in [1.807, 2.05) is 25.1 Å². The van der Waals surface area contributed by atoms with Crippen molar-refractivity contribution in [2.75, 3.05) is 18.9 Å². The van der Waals surface area contributed by atoms with Crippen molar-refractivity contribution in [3.63, 3.8) is 0 Å². The molecule has 0 bridgehead atoms. The second-order valence-electron chi connectivity index (χ2n) is 5.34. The number of fused-ring (bicyclic) bond motifs is 1. The first-order valence-electron chi connectivity index (χ1n) is 7.24. The summed E-state index contributed by atoms with van der Waals surface area (Å²) >= 11 is 1.43. The number of nitrogens with one attached hydrogen (secondary N) is 1. The number of aryl methyl sites for hydroxylation is 1. The molecule has 0 aliphatic carbocycles. The van der Waals surface area contributed by atoms with Crippen molar-refractivity contribution in [3.05, 3.63) is 28.6 Å². The Morgan fingerprint density at radius 1 is 1.48 bits per heavy atom. The van der Waals surface area contributed by atoms with Crippen LogP contribution in [-0.2, 0) is 0 Å². The molecule has 0 saturated carbocycles. The Kier molecular flexibility index (Phi) is 5.20. The van der Waals surface area contributed by atoms with Gasteiger partial charge < -0.3 is 16.2 Å². The molecule has 5 heteroatoms. The van der Waals surface area contributed by atoms with Gasteiger partial charge in [-0.2, -0.15) is 0 Å². The van der Waals surface area contributed by atoms with Crippen LogP contribution in [0.2, 0.25) is 0 Å². The number of hydrogen-bond acceptors (Lipinski definition) is 4. The lowest BCUT2D eigenvalue weighted by Crippen LogP contribution is -2.29. The molecule has 1 amide bonds. The SMILES string of the molecule is CCC(CCO)CNC(=O)c1sc2cc(C)ccc2c1N. The normalized spacial score (nSPS) is 12.5. The molecule has 0 spiro atoms. The van der Waals surface area contributed by atoms with Gasteiger partial charge in [-0.05, 0) is 30.9 Å². The van der Waals surface area contributed by atoms with E-state index in [2.05, 4.69) is 12.2 Å². The van der Waals surface area contributed by atoms with Crippen LogP contribution in [0.4, 0.5) is 5.69 Å². The van der Waals surface area contributed by atoms with E-state index in [4.69, 9.17) is 10.8 Å². The van der Waals surface area contributed by atoms with E-state index in [1.54, 1.807) is 0 Å². The summed E-state index contributed by atoms with van der Waals surface area (Å²) in [7, 11) is 0. The number of benzene rings is 1. The lowest BCUT2D eigenvalue weighted by molar-refractivity contribution is 0.0948. The molecule has 0 radical (unpaired) electrons. The minimum Gasteiger partial charge on any atom is -0.397 e. The smallest absolute Gasteiger partial charge is 0.263 e. The van der Waals surface area contributed by atoms with E-state index >= 15 is 0 Å². The number of nitrogen functional groups attached to an aromatic ring is 1. The Morgan fingerprint density at radius 2 is 2.24 bits per heavy atom. The molecule has 1 unspecified atom stereocenters. The summed E-state index contributed by atoms with van der Waals surface area (Å²) in [4.78, 5) is 12.9. The van der Waals surface area contributed by atoms with Crippen molar-refractivity contribution in [1.29, 1.82) is 0 Å². The molecule has 1 aromatic heterocycles. The third-order valence-corrected chi connectivity index (χ3v) is 4.92. The largest absolute Gasteiger partial charge is 0.397 e. The highest BCUT2D eigenvalue weighted by Gasteiger charge is 2.17. The maximum absolute atomic E-state index is 12.3. The number of anilines is 1. The topological polar surface area (TPSA) is 75.3 Å². The number of carbonyl (C=O) groups excluding carboxylic acids is 1. The molecule has 21 heavy (non-hydrogen) atoms. The molecular formula is C16H22N2O2S. The van der Waals surface area contributed by atoms with E-state index in [0.29, 0.717) is 29.4 Å². The first kappa shape index (κ1) is 15.8. The summed E-state index contributed by atoms with van der Waals surface area (Å²) in [6.45, 7) is 4.81. The van der Waals surface area contributed by atoms with Gasteiger partial charge in [0.25, 0.3) is 5.91 Å². The third-order valence-electron chi connectivity index (χ3n) is 3.76. The van der Waals surface area contributed by atoms with Crippen molar-refractivity contribution in [3.8, 4) is 0 Å². The molecular weight excluding hydrogens is 284 g/mol. The highest BCUT2D eigenvalue weighted by Crippen LogP contribution is 2.34. The van der Waals surface area contributed by atoms with Gasteiger partial charge in [0.1, 0.15) is 4.88 Å². The molecule has 4 nitrogen and oxygen atoms in total. The van der Waals surface area contributed by atoms with Gasteiger partial charge in [0.15, 0.2) is 0 Å². The highest BCUT2D eigenvalue weighted by atomic mass is 32.1. The maximum Gasteiger partial charge on any atom is 0.263 e. The quantitative estimate of drug-likeness (QED) is 0.768. The van der Waals surface area contributed by atoms with Crippen molar-refractivity contribution in [1.82, 2.24) is 5.32 Å². The Bertz CT molecular complexity index is 636. The predicted molar refractivity (Wildman–Crippen MR) is 88.8 cm³/mol. The minimum atomic E-state index is -0.122. The average Bonchev–Trinajstić information content (AvgIpc) is 2.79. The molecule has 2 aromatic rings. The number of aliphatic hydroxyl groups is 1. The van der Waals surface area contributed by atoms with Gasteiger partial charge in [0, 0.05) is 23.2 Å². The highest BCUT2D eigenvalue weighted by molar-refractivity contribution is 7.21. The molecule has 2 rings (SSSR count). The van der Waals surface area contributed by atoms with Crippen LogP contribution in [0, 0.1) is 12.8 Å². The van der Waals surface area contributed by atoms with Crippen molar-refractivity contribution in [2.24, 2.45) is 5.92 Å². The van der Waals surface area contributed by atoms with Crippen LogP contribution in [0.3, 0.4) is 0 Å². The van der Waals surface area contributed by atoms with Crippen LogP contribution >= 0.6 is 11.3 Å². The van der Waals surface area contributed by atoms with Crippen LogP contribution in [0.15, 0.2) is 18.2 Å². The average molecular weight is 306 g/mol.